The number of likely N-dealkylation sites (N-methyl/N-ethyl adjacent to an activating group) is 1. The number of aromatic nitrogens is 6. The first kappa shape index (κ1) is 35.1. The number of halogens is 2. The number of anilines is 3. The average Bonchev–Trinajstić information content (AvgIpc) is 3.76. The molecular weight excluding hydrogens is 703 g/mol. The fraction of sp³-hybridized carbons (Fsp3) is 0.152. The molecule has 0 aliphatic carbocycles. The van der Waals surface area contributed by atoms with E-state index in [9.17, 15) is 25.6 Å². The Hall–Kier alpha value is -5.72. The average molecular weight is 735 g/mol. The fourth-order valence-electron chi connectivity index (χ4n) is 5.17. The van der Waals surface area contributed by atoms with E-state index in [0.717, 1.165) is 61.6 Å². The van der Waals surface area contributed by atoms with Crippen molar-refractivity contribution in [2.75, 3.05) is 47.6 Å². The van der Waals surface area contributed by atoms with Crippen molar-refractivity contribution in [1.29, 1.82) is 0 Å². The van der Waals surface area contributed by atoms with E-state index in [4.69, 9.17) is 0 Å². The summed E-state index contributed by atoms with van der Waals surface area (Å²) < 4.78 is 81.3. The molecule has 4 aromatic heterocycles. The predicted octanol–water partition coefficient (Wildman–Crippen LogP) is 4.58. The van der Waals surface area contributed by atoms with Gasteiger partial charge in [-0.1, -0.05) is 0 Å². The van der Waals surface area contributed by atoms with Gasteiger partial charge in [-0.3, -0.25) is 29.6 Å². The summed E-state index contributed by atoms with van der Waals surface area (Å²) in [6.07, 6.45) is 8.00. The SMILES string of the molecule is CN1CCN(c2n[nH]c(NS(=O)(=O)c3ccc(F)cc3)c2-c2ccncc2)CC1.O=S(=O)(Nc1[nH]ncc1-c1ccncc1)c1ccc(F)cc1. The van der Waals surface area contributed by atoms with E-state index in [2.05, 4.69) is 56.7 Å². The number of pyridine rings is 2. The second kappa shape index (κ2) is 15.0. The second-order valence-corrected chi connectivity index (χ2v) is 14.7. The number of nitrogens with one attached hydrogen (secondary N) is 4. The van der Waals surface area contributed by atoms with Crippen LogP contribution in [0.4, 0.5) is 26.2 Å². The van der Waals surface area contributed by atoms with Crippen LogP contribution in [-0.4, -0.2) is 85.3 Å². The van der Waals surface area contributed by atoms with Crippen molar-refractivity contribution in [2.45, 2.75) is 9.79 Å². The van der Waals surface area contributed by atoms with E-state index in [1.807, 2.05) is 0 Å². The molecule has 5 heterocycles. The Labute approximate surface area is 292 Å². The van der Waals surface area contributed by atoms with Crippen LogP contribution in [0.25, 0.3) is 22.3 Å². The third kappa shape index (κ3) is 8.36. The van der Waals surface area contributed by atoms with Gasteiger partial charge in [0.05, 0.1) is 21.6 Å². The molecule has 1 aliphatic rings. The molecule has 0 saturated carbocycles. The Morgan fingerprint density at radius 2 is 1.14 bits per heavy atom. The van der Waals surface area contributed by atoms with E-state index in [1.165, 1.54) is 30.5 Å². The van der Waals surface area contributed by atoms with Crippen LogP contribution >= 0.6 is 0 Å². The Bertz CT molecular complexity index is 2280. The van der Waals surface area contributed by atoms with Crippen LogP contribution in [0, 0.1) is 11.6 Å². The Morgan fingerprint density at radius 1 is 0.647 bits per heavy atom. The van der Waals surface area contributed by atoms with Gasteiger partial charge in [0.15, 0.2) is 5.82 Å². The van der Waals surface area contributed by atoms with Crippen LogP contribution in [0.1, 0.15) is 0 Å². The van der Waals surface area contributed by atoms with E-state index >= 15 is 0 Å². The summed E-state index contributed by atoms with van der Waals surface area (Å²) >= 11 is 0. The van der Waals surface area contributed by atoms with E-state index in [-0.39, 0.29) is 21.4 Å². The summed E-state index contributed by atoms with van der Waals surface area (Å²) in [5.74, 6) is 0.171. The smallest absolute Gasteiger partial charge is 0.263 e. The summed E-state index contributed by atoms with van der Waals surface area (Å²) in [5, 5.41) is 13.7. The maximum atomic E-state index is 13.2. The summed E-state index contributed by atoms with van der Waals surface area (Å²) in [5.41, 5.74) is 2.80. The van der Waals surface area contributed by atoms with Gasteiger partial charge >= 0.3 is 0 Å². The zero-order valence-electron chi connectivity index (χ0n) is 27.0. The Kier molecular flexibility index (Phi) is 10.4. The molecular formula is C33H32F2N10O4S2. The predicted molar refractivity (Wildman–Crippen MR) is 188 cm³/mol. The first-order valence-electron chi connectivity index (χ1n) is 15.4. The normalized spacial score (nSPS) is 13.7. The van der Waals surface area contributed by atoms with E-state index < -0.39 is 31.7 Å². The maximum Gasteiger partial charge on any atom is 0.263 e. The third-order valence-electron chi connectivity index (χ3n) is 7.87. The molecule has 4 N–H and O–H groups in total. The largest absolute Gasteiger partial charge is 0.352 e. The van der Waals surface area contributed by atoms with Gasteiger partial charge in [0.25, 0.3) is 20.0 Å². The number of H-pyrrole nitrogens is 2. The lowest BCUT2D eigenvalue weighted by molar-refractivity contribution is 0.312. The van der Waals surface area contributed by atoms with Crippen LogP contribution in [0.5, 0.6) is 0 Å². The summed E-state index contributed by atoms with van der Waals surface area (Å²) in [7, 11) is -5.69. The number of aromatic amines is 2. The van der Waals surface area contributed by atoms with Gasteiger partial charge in [-0.05, 0) is 91.0 Å². The molecule has 6 aromatic rings. The molecule has 0 atom stereocenters. The van der Waals surface area contributed by atoms with Crippen molar-refractivity contribution >= 4 is 37.5 Å². The van der Waals surface area contributed by atoms with Crippen molar-refractivity contribution in [2.24, 2.45) is 0 Å². The minimum atomic E-state index is -3.92. The fourth-order valence-corrected chi connectivity index (χ4v) is 7.24. The van der Waals surface area contributed by atoms with Crippen LogP contribution in [0.15, 0.2) is 114 Å². The quantitative estimate of drug-likeness (QED) is 0.164. The first-order chi connectivity index (χ1) is 24.5. The molecule has 0 radical (unpaired) electrons. The standard InChI is InChI=1S/C19H21FN6O2S.C14H11FN4O2S/c1-25-10-12-26(13-11-25)19-17(14-6-8-21-9-7-14)18(22-23-19)24-29(27,28)16-4-2-15(20)3-5-16;15-11-1-3-12(4-2-11)22(20,21)19-14-13(9-17-18-14)10-5-7-16-8-6-10/h2-9H,10-13H2,1H3,(H2,22,23,24);1-9H,(H2,17,18,19). The van der Waals surface area contributed by atoms with Gasteiger partial charge in [-0.2, -0.15) is 10.2 Å². The maximum absolute atomic E-state index is 13.2. The van der Waals surface area contributed by atoms with Crippen LogP contribution in [-0.2, 0) is 20.0 Å². The topological polar surface area (TPSA) is 182 Å². The summed E-state index contributed by atoms with van der Waals surface area (Å²) in [6, 6.07) is 16.3. The molecule has 0 amide bonds. The number of hydrogen-bond acceptors (Lipinski definition) is 10. The molecule has 0 spiro atoms. The highest BCUT2D eigenvalue weighted by Crippen LogP contribution is 2.36. The van der Waals surface area contributed by atoms with Gasteiger partial charge < -0.3 is 9.80 Å². The summed E-state index contributed by atoms with van der Waals surface area (Å²) in [4.78, 5) is 12.2. The highest BCUT2D eigenvalue weighted by atomic mass is 32.2. The van der Waals surface area contributed by atoms with E-state index in [0.29, 0.717) is 16.9 Å². The lowest BCUT2D eigenvalue weighted by Gasteiger charge is -2.33. The van der Waals surface area contributed by atoms with E-state index in [1.54, 1.807) is 49.1 Å². The zero-order chi connectivity index (χ0) is 36.0. The number of nitrogens with zero attached hydrogens (tertiary/aromatic N) is 6. The molecule has 18 heteroatoms. The molecule has 0 bridgehead atoms. The minimum absolute atomic E-state index is 0.0321. The lowest BCUT2D eigenvalue weighted by Crippen LogP contribution is -2.44. The second-order valence-electron chi connectivity index (χ2n) is 11.3. The molecule has 1 fully saturated rings. The van der Waals surface area contributed by atoms with Crippen molar-refractivity contribution in [3.8, 4) is 22.3 Å². The zero-order valence-corrected chi connectivity index (χ0v) is 28.7. The van der Waals surface area contributed by atoms with Crippen LogP contribution in [0.2, 0.25) is 0 Å². The molecule has 1 aliphatic heterocycles. The van der Waals surface area contributed by atoms with Crippen molar-refractivity contribution in [1.82, 2.24) is 35.3 Å². The molecule has 264 valence electrons. The molecule has 2 aromatic carbocycles. The lowest BCUT2D eigenvalue weighted by atomic mass is 10.1. The Balaban J connectivity index is 0.000000183. The van der Waals surface area contributed by atoms with Gasteiger partial charge in [-0.15, -0.1) is 0 Å². The number of hydrogen-bond donors (Lipinski definition) is 4. The van der Waals surface area contributed by atoms with Crippen molar-refractivity contribution in [3.63, 3.8) is 0 Å². The minimum Gasteiger partial charge on any atom is -0.352 e. The molecule has 1 saturated heterocycles. The van der Waals surface area contributed by atoms with Gasteiger partial charge in [0, 0.05) is 56.5 Å². The van der Waals surface area contributed by atoms with Gasteiger partial charge in [0.1, 0.15) is 23.3 Å². The highest BCUT2D eigenvalue weighted by molar-refractivity contribution is 7.93. The van der Waals surface area contributed by atoms with Crippen LogP contribution < -0.4 is 14.3 Å². The van der Waals surface area contributed by atoms with Crippen molar-refractivity contribution in [3.05, 3.63) is 115 Å². The summed E-state index contributed by atoms with van der Waals surface area (Å²) in [6.45, 7) is 3.34. The monoisotopic (exact) mass is 734 g/mol. The number of sulfonamides is 2. The van der Waals surface area contributed by atoms with Gasteiger partial charge in [-0.25, -0.2) is 25.6 Å². The highest BCUT2D eigenvalue weighted by Gasteiger charge is 2.26. The molecule has 51 heavy (non-hydrogen) atoms. The van der Waals surface area contributed by atoms with Crippen LogP contribution in [0.3, 0.4) is 0 Å². The Morgan fingerprint density at radius 3 is 1.67 bits per heavy atom. The third-order valence-corrected chi connectivity index (χ3v) is 10.6. The molecule has 7 rings (SSSR count). The van der Waals surface area contributed by atoms with Crippen molar-refractivity contribution < 1.29 is 25.6 Å². The first-order valence-corrected chi connectivity index (χ1v) is 18.4. The molecule has 0 unspecified atom stereocenters. The number of benzene rings is 2. The van der Waals surface area contributed by atoms with Gasteiger partial charge in [0.2, 0.25) is 0 Å². The number of rotatable bonds is 9. The number of piperazine rings is 1. The molecule has 14 nitrogen and oxygen atoms in total.